The lowest BCUT2D eigenvalue weighted by Crippen LogP contribution is -2.46. The lowest BCUT2D eigenvalue weighted by molar-refractivity contribution is -0.147. The van der Waals surface area contributed by atoms with Gasteiger partial charge in [0.2, 0.25) is 5.91 Å². The minimum Gasteiger partial charge on any atom is -0.481 e. The molecule has 0 bridgehead atoms. The van der Waals surface area contributed by atoms with Crippen molar-refractivity contribution < 1.29 is 14.7 Å². The van der Waals surface area contributed by atoms with Crippen molar-refractivity contribution in [1.29, 1.82) is 0 Å². The van der Waals surface area contributed by atoms with Gasteiger partial charge < -0.3 is 10.0 Å². The molecule has 16 heavy (non-hydrogen) atoms. The quantitative estimate of drug-likeness (QED) is 0.753. The van der Waals surface area contributed by atoms with E-state index < -0.39 is 5.97 Å². The van der Waals surface area contributed by atoms with Crippen LogP contribution in [0.2, 0.25) is 0 Å². The highest BCUT2D eigenvalue weighted by Crippen LogP contribution is 2.45. The number of amides is 1. The van der Waals surface area contributed by atoms with Crippen molar-refractivity contribution in [2.45, 2.75) is 45.4 Å². The molecular formula is C12H21NO3. The second-order valence-corrected chi connectivity index (χ2v) is 4.71. The fourth-order valence-corrected chi connectivity index (χ4v) is 2.30. The van der Waals surface area contributed by atoms with E-state index in [0.29, 0.717) is 13.0 Å². The first-order valence-corrected chi connectivity index (χ1v) is 5.99. The van der Waals surface area contributed by atoms with Crippen molar-refractivity contribution in [1.82, 2.24) is 4.90 Å². The smallest absolute Gasteiger partial charge is 0.303 e. The summed E-state index contributed by atoms with van der Waals surface area (Å²) in [5.41, 5.74) is -0.127. The summed E-state index contributed by atoms with van der Waals surface area (Å²) >= 11 is 0. The standard InChI is InChI=1S/C12H21NO3/c1-3-12(7-5-8-12)11(16)13(2)9-4-6-10(14)15/h3-9H2,1-2H3,(H,14,15). The number of rotatable bonds is 6. The Morgan fingerprint density at radius 2 is 2.00 bits per heavy atom. The maximum absolute atomic E-state index is 12.1. The van der Waals surface area contributed by atoms with Gasteiger partial charge in [0, 0.05) is 25.4 Å². The summed E-state index contributed by atoms with van der Waals surface area (Å²) in [4.78, 5) is 24.2. The van der Waals surface area contributed by atoms with E-state index in [2.05, 4.69) is 6.92 Å². The second-order valence-electron chi connectivity index (χ2n) is 4.71. The van der Waals surface area contributed by atoms with E-state index in [4.69, 9.17) is 5.11 Å². The molecule has 1 aliphatic rings. The molecule has 4 nitrogen and oxygen atoms in total. The van der Waals surface area contributed by atoms with Crippen LogP contribution in [0.25, 0.3) is 0 Å². The van der Waals surface area contributed by atoms with Gasteiger partial charge in [-0.25, -0.2) is 0 Å². The van der Waals surface area contributed by atoms with Crippen LogP contribution < -0.4 is 0 Å². The van der Waals surface area contributed by atoms with Crippen molar-refractivity contribution in [2.24, 2.45) is 5.41 Å². The number of carboxylic acids is 1. The predicted molar refractivity (Wildman–Crippen MR) is 61.1 cm³/mol. The summed E-state index contributed by atoms with van der Waals surface area (Å²) < 4.78 is 0. The molecule has 0 aromatic carbocycles. The summed E-state index contributed by atoms with van der Waals surface area (Å²) in [6, 6.07) is 0. The van der Waals surface area contributed by atoms with E-state index in [1.807, 2.05) is 0 Å². The van der Waals surface area contributed by atoms with Gasteiger partial charge in [-0.05, 0) is 25.7 Å². The van der Waals surface area contributed by atoms with E-state index in [-0.39, 0.29) is 17.7 Å². The summed E-state index contributed by atoms with van der Waals surface area (Å²) in [5.74, 6) is -0.596. The van der Waals surface area contributed by atoms with E-state index in [1.165, 1.54) is 0 Å². The molecular weight excluding hydrogens is 206 g/mol. The molecule has 1 saturated carbocycles. The van der Waals surface area contributed by atoms with Crippen LogP contribution in [0.1, 0.15) is 45.4 Å². The van der Waals surface area contributed by atoms with Gasteiger partial charge in [0.15, 0.2) is 0 Å². The third-order valence-electron chi connectivity index (χ3n) is 3.67. The minimum absolute atomic E-state index is 0.127. The Morgan fingerprint density at radius 3 is 2.38 bits per heavy atom. The van der Waals surface area contributed by atoms with Gasteiger partial charge in [0.25, 0.3) is 0 Å². The number of hydrogen-bond acceptors (Lipinski definition) is 2. The largest absolute Gasteiger partial charge is 0.481 e. The molecule has 0 aromatic heterocycles. The summed E-state index contributed by atoms with van der Waals surface area (Å²) in [7, 11) is 1.78. The lowest BCUT2D eigenvalue weighted by Gasteiger charge is -2.42. The van der Waals surface area contributed by atoms with Crippen LogP contribution in [0.5, 0.6) is 0 Å². The van der Waals surface area contributed by atoms with E-state index in [9.17, 15) is 9.59 Å². The van der Waals surface area contributed by atoms with Crippen LogP contribution in [0.15, 0.2) is 0 Å². The molecule has 1 amide bonds. The number of nitrogens with zero attached hydrogens (tertiary/aromatic N) is 1. The summed E-state index contributed by atoms with van der Waals surface area (Å²) in [6.07, 6.45) is 4.70. The molecule has 1 N–H and O–H groups in total. The van der Waals surface area contributed by atoms with Crippen LogP contribution in [0.3, 0.4) is 0 Å². The van der Waals surface area contributed by atoms with Crippen LogP contribution in [0, 0.1) is 5.41 Å². The number of hydrogen-bond donors (Lipinski definition) is 1. The van der Waals surface area contributed by atoms with Crippen molar-refractivity contribution in [3.05, 3.63) is 0 Å². The Bertz CT molecular complexity index is 266. The van der Waals surface area contributed by atoms with Crippen LogP contribution >= 0.6 is 0 Å². The average Bonchev–Trinajstić information content (AvgIpc) is 2.16. The molecule has 4 heteroatoms. The Morgan fingerprint density at radius 1 is 1.38 bits per heavy atom. The van der Waals surface area contributed by atoms with Gasteiger partial charge in [0.1, 0.15) is 0 Å². The fraction of sp³-hybridized carbons (Fsp3) is 0.833. The molecule has 0 radical (unpaired) electrons. The SMILES string of the molecule is CCC1(C(=O)N(C)CCCC(=O)O)CCC1. The number of carbonyl (C=O) groups excluding carboxylic acids is 1. The van der Waals surface area contributed by atoms with E-state index in [0.717, 1.165) is 25.7 Å². The zero-order valence-electron chi connectivity index (χ0n) is 10.2. The van der Waals surface area contributed by atoms with E-state index in [1.54, 1.807) is 11.9 Å². The van der Waals surface area contributed by atoms with Crippen molar-refractivity contribution in [3.8, 4) is 0 Å². The summed E-state index contributed by atoms with van der Waals surface area (Å²) in [6.45, 7) is 2.61. The normalized spacial score (nSPS) is 17.6. The third kappa shape index (κ3) is 2.74. The van der Waals surface area contributed by atoms with E-state index >= 15 is 0 Å². The first-order chi connectivity index (χ1) is 7.52. The molecule has 1 aliphatic carbocycles. The Balaban J connectivity index is 2.38. The number of aliphatic carboxylic acids is 1. The lowest BCUT2D eigenvalue weighted by atomic mass is 9.66. The molecule has 0 saturated heterocycles. The Hall–Kier alpha value is -1.06. The van der Waals surface area contributed by atoms with Crippen molar-refractivity contribution >= 4 is 11.9 Å². The Labute approximate surface area is 96.6 Å². The highest BCUT2D eigenvalue weighted by atomic mass is 16.4. The molecule has 0 atom stereocenters. The first-order valence-electron chi connectivity index (χ1n) is 5.99. The molecule has 0 aliphatic heterocycles. The highest BCUT2D eigenvalue weighted by molar-refractivity contribution is 5.83. The first kappa shape index (κ1) is 13.0. The molecule has 0 unspecified atom stereocenters. The predicted octanol–water partition coefficient (Wildman–Crippen LogP) is 1.89. The van der Waals surface area contributed by atoms with Gasteiger partial charge in [-0.3, -0.25) is 9.59 Å². The molecule has 1 rings (SSSR count). The van der Waals surface area contributed by atoms with Crippen LogP contribution in [0.4, 0.5) is 0 Å². The number of carboxylic acid groups (broad SMARTS) is 1. The van der Waals surface area contributed by atoms with Crippen LogP contribution in [-0.2, 0) is 9.59 Å². The second kappa shape index (κ2) is 5.32. The summed E-state index contributed by atoms with van der Waals surface area (Å²) in [5, 5.41) is 8.52. The van der Waals surface area contributed by atoms with Gasteiger partial charge in [-0.1, -0.05) is 13.3 Å². The Kier molecular flexibility index (Phi) is 4.33. The zero-order chi connectivity index (χ0) is 12.2. The van der Waals surface area contributed by atoms with Gasteiger partial charge in [-0.15, -0.1) is 0 Å². The number of carbonyl (C=O) groups is 2. The topological polar surface area (TPSA) is 57.6 Å². The molecule has 1 fully saturated rings. The average molecular weight is 227 g/mol. The fourth-order valence-electron chi connectivity index (χ4n) is 2.30. The highest BCUT2D eigenvalue weighted by Gasteiger charge is 2.43. The molecule has 0 spiro atoms. The maximum Gasteiger partial charge on any atom is 0.303 e. The minimum atomic E-state index is -0.797. The van der Waals surface area contributed by atoms with Gasteiger partial charge in [0.05, 0.1) is 0 Å². The van der Waals surface area contributed by atoms with Crippen molar-refractivity contribution in [3.63, 3.8) is 0 Å². The van der Waals surface area contributed by atoms with Gasteiger partial charge in [-0.2, -0.15) is 0 Å². The van der Waals surface area contributed by atoms with Gasteiger partial charge >= 0.3 is 5.97 Å². The monoisotopic (exact) mass is 227 g/mol. The van der Waals surface area contributed by atoms with Crippen molar-refractivity contribution in [2.75, 3.05) is 13.6 Å². The maximum atomic E-state index is 12.1. The third-order valence-corrected chi connectivity index (χ3v) is 3.67. The van der Waals surface area contributed by atoms with Crippen LogP contribution in [-0.4, -0.2) is 35.5 Å². The zero-order valence-corrected chi connectivity index (χ0v) is 10.2. The molecule has 92 valence electrons. The molecule has 0 aromatic rings. The molecule has 0 heterocycles.